The number of nitrogens with zero attached hydrogens (tertiary/aromatic N) is 4. The number of hydrogen-bond acceptors (Lipinski definition) is 10. The first kappa shape index (κ1) is 24.4. The van der Waals surface area contributed by atoms with Crippen LogP contribution in [0.5, 0.6) is 0 Å². The van der Waals surface area contributed by atoms with Gasteiger partial charge in [-0.05, 0) is 25.1 Å². The molecule has 1 saturated heterocycles. The summed E-state index contributed by atoms with van der Waals surface area (Å²) < 4.78 is 53.7. The molecule has 2 aromatic heterocycles. The average molecular weight is 531 g/mol. The van der Waals surface area contributed by atoms with Crippen LogP contribution in [0.4, 0.5) is 5.13 Å². The summed E-state index contributed by atoms with van der Waals surface area (Å²) in [5.74, 6) is -0.0506. The monoisotopic (exact) mass is 530 g/mol. The zero-order valence-corrected chi connectivity index (χ0v) is 21.4. The van der Waals surface area contributed by atoms with Gasteiger partial charge in [0.1, 0.15) is 0 Å². The molecule has 0 atom stereocenters. The van der Waals surface area contributed by atoms with Crippen LogP contribution in [0.25, 0.3) is 10.2 Å². The van der Waals surface area contributed by atoms with Gasteiger partial charge in [0, 0.05) is 51.2 Å². The van der Waals surface area contributed by atoms with E-state index in [1.165, 1.54) is 24.3 Å². The lowest BCUT2D eigenvalue weighted by Gasteiger charge is -2.34. The number of fused-ring (bicyclic) bond motifs is 1. The predicted octanol–water partition coefficient (Wildman–Crippen LogP) is 1.29. The summed E-state index contributed by atoms with van der Waals surface area (Å²) in [5.41, 5.74) is 3.71. The van der Waals surface area contributed by atoms with Gasteiger partial charge in [0.25, 0.3) is 0 Å². The minimum absolute atomic E-state index is 0.00317. The van der Waals surface area contributed by atoms with Gasteiger partial charge in [0.15, 0.2) is 5.13 Å². The first-order valence-corrected chi connectivity index (χ1v) is 15.4. The highest BCUT2D eigenvalue weighted by Crippen LogP contribution is 2.31. The Hall–Kier alpha value is -1.68. The van der Waals surface area contributed by atoms with E-state index >= 15 is 0 Å². The molecule has 3 heterocycles. The van der Waals surface area contributed by atoms with Gasteiger partial charge in [-0.15, -0.1) is 11.3 Å². The van der Waals surface area contributed by atoms with Crippen molar-refractivity contribution < 1.29 is 16.8 Å². The molecule has 180 valence electrons. The molecular weight excluding hydrogens is 505 g/mol. The van der Waals surface area contributed by atoms with E-state index in [-0.39, 0.29) is 23.7 Å². The number of hydrogen-bond donors (Lipinski definition) is 2. The third kappa shape index (κ3) is 6.26. The Morgan fingerprint density at radius 1 is 1.06 bits per heavy atom. The fourth-order valence-electron chi connectivity index (χ4n) is 3.41. The summed E-state index contributed by atoms with van der Waals surface area (Å²) in [5, 5.41) is 2.96. The zero-order valence-electron chi connectivity index (χ0n) is 18.1. The van der Waals surface area contributed by atoms with Crippen molar-refractivity contribution in [3.8, 4) is 0 Å². The molecule has 10 nitrogen and oxygen atoms in total. The molecule has 0 aliphatic carbocycles. The molecule has 3 aromatic rings. The summed E-state index contributed by atoms with van der Waals surface area (Å²) in [6.07, 6.45) is 0. The van der Waals surface area contributed by atoms with Gasteiger partial charge in [0.05, 0.1) is 32.1 Å². The van der Waals surface area contributed by atoms with Crippen molar-refractivity contribution in [1.29, 1.82) is 0 Å². The highest BCUT2D eigenvalue weighted by atomic mass is 32.2. The Bertz CT molecular complexity index is 1280. The number of thiazole rings is 2. The van der Waals surface area contributed by atoms with E-state index in [9.17, 15) is 16.8 Å². The molecule has 0 unspecified atom stereocenters. The molecule has 0 spiro atoms. The highest BCUT2D eigenvalue weighted by molar-refractivity contribution is 7.89. The predicted molar refractivity (Wildman–Crippen MR) is 132 cm³/mol. The minimum Gasteiger partial charge on any atom is -0.345 e. The zero-order chi connectivity index (χ0) is 23.5. The van der Waals surface area contributed by atoms with Crippen molar-refractivity contribution >= 4 is 58.1 Å². The molecule has 0 radical (unpaired) electrons. The van der Waals surface area contributed by atoms with Crippen molar-refractivity contribution in [2.24, 2.45) is 0 Å². The SMILES string of the molecule is CCS(=O)(=O)NCCNS(=O)(=O)c1ccc2nc(N3CCN(Cc4cscn4)CC3)sc2c1. The Kier molecular flexibility index (Phi) is 7.63. The second-order valence-electron chi connectivity index (χ2n) is 7.56. The number of sulfonamides is 2. The van der Waals surface area contributed by atoms with Crippen molar-refractivity contribution in [1.82, 2.24) is 24.3 Å². The van der Waals surface area contributed by atoms with E-state index in [1.54, 1.807) is 23.5 Å². The van der Waals surface area contributed by atoms with Crippen molar-refractivity contribution in [3.05, 3.63) is 34.8 Å². The summed E-state index contributed by atoms with van der Waals surface area (Å²) in [6, 6.07) is 4.85. The fourth-order valence-corrected chi connectivity index (χ4v) is 6.77. The summed E-state index contributed by atoms with van der Waals surface area (Å²) >= 11 is 3.08. The molecule has 0 amide bonds. The maximum atomic E-state index is 12.6. The largest absolute Gasteiger partial charge is 0.345 e. The molecule has 0 bridgehead atoms. The highest BCUT2D eigenvalue weighted by Gasteiger charge is 2.21. The Morgan fingerprint density at radius 3 is 2.52 bits per heavy atom. The van der Waals surface area contributed by atoms with Crippen LogP contribution in [-0.2, 0) is 26.6 Å². The fraction of sp³-hybridized carbons (Fsp3) is 0.474. The van der Waals surface area contributed by atoms with Gasteiger partial charge in [-0.25, -0.2) is 36.2 Å². The summed E-state index contributed by atoms with van der Waals surface area (Å²) in [6.45, 7) is 5.88. The Labute approximate surface area is 201 Å². The Morgan fingerprint density at radius 2 is 1.82 bits per heavy atom. The van der Waals surface area contributed by atoms with Crippen LogP contribution in [0.3, 0.4) is 0 Å². The van der Waals surface area contributed by atoms with Crippen molar-refractivity contribution in [3.63, 3.8) is 0 Å². The lowest BCUT2D eigenvalue weighted by molar-refractivity contribution is 0.247. The van der Waals surface area contributed by atoms with Crippen LogP contribution in [0.1, 0.15) is 12.6 Å². The molecular formula is C19H26N6O4S4. The molecule has 1 aliphatic heterocycles. The van der Waals surface area contributed by atoms with Crippen LogP contribution in [0.2, 0.25) is 0 Å². The molecule has 0 saturated carbocycles. The van der Waals surface area contributed by atoms with E-state index in [1.807, 2.05) is 5.51 Å². The van der Waals surface area contributed by atoms with Crippen LogP contribution in [0.15, 0.2) is 34.0 Å². The van der Waals surface area contributed by atoms with Gasteiger partial charge in [-0.2, -0.15) is 0 Å². The van der Waals surface area contributed by atoms with Crippen molar-refractivity contribution in [2.45, 2.75) is 18.4 Å². The van der Waals surface area contributed by atoms with Gasteiger partial charge in [-0.1, -0.05) is 11.3 Å². The molecule has 1 aromatic carbocycles. The van der Waals surface area contributed by atoms with Crippen LogP contribution in [0, 0.1) is 0 Å². The number of benzene rings is 1. The maximum Gasteiger partial charge on any atom is 0.240 e. The van der Waals surface area contributed by atoms with Gasteiger partial charge in [-0.3, -0.25) is 4.90 Å². The van der Waals surface area contributed by atoms with Gasteiger partial charge < -0.3 is 4.90 Å². The molecule has 1 aliphatic rings. The summed E-state index contributed by atoms with van der Waals surface area (Å²) in [7, 11) is -7.11. The lowest BCUT2D eigenvalue weighted by atomic mass is 10.3. The van der Waals surface area contributed by atoms with Gasteiger partial charge in [0.2, 0.25) is 20.0 Å². The molecule has 33 heavy (non-hydrogen) atoms. The Balaban J connectivity index is 1.37. The number of aromatic nitrogens is 2. The molecule has 2 N–H and O–H groups in total. The first-order chi connectivity index (χ1) is 15.8. The van der Waals surface area contributed by atoms with Crippen molar-refractivity contribution in [2.75, 3.05) is 49.9 Å². The second-order valence-corrected chi connectivity index (χ2v) is 13.2. The third-order valence-corrected chi connectivity index (χ3v) is 9.87. The molecule has 1 fully saturated rings. The lowest BCUT2D eigenvalue weighted by Crippen LogP contribution is -2.45. The van der Waals surface area contributed by atoms with E-state index in [4.69, 9.17) is 4.98 Å². The first-order valence-electron chi connectivity index (χ1n) is 10.5. The minimum atomic E-state index is -3.76. The van der Waals surface area contributed by atoms with Crippen LogP contribution >= 0.6 is 22.7 Å². The normalized spacial score (nSPS) is 16.0. The second kappa shape index (κ2) is 10.3. The van der Waals surface area contributed by atoms with Gasteiger partial charge >= 0.3 is 0 Å². The van der Waals surface area contributed by atoms with Crippen LogP contribution in [-0.4, -0.2) is 76.7 Å². The summed E-state index contributed by atoms with van der Waals surface area (Å²) in [4.78, 5) is 13.8. The van der Waals surface area contributed by atoms with Crippen LogP contribution < -0.4 is 14.3 Å². The maximum absolute atomic E-state index is 12.6. The topological polar surface area (TPSA) is 125 Å². The smallest absolute Gasteiger partial charge is 0.240 e. The van der Waals surface area contributed by atoms with E-state index in [2.05, 4.69) is 29.6 Å². The standard InChI is InChI=1S/C19H26N6O4S4/c1-2-32(26,27)21-5-6-22-33(28,29)16-3-4-17-18(11-16)31-19(23-17)25-9-7-24(8-10-25)12-15-13-30-14-20-15/h3-4,11,13-14,21-22H,2,5-10,12H2,1H3. The van der Waals surface area contributed by atoms with E-state index in [0.717, 1.165) is 53.8 Å². The van der Waals surface area contributed by atoms with E-state index in [0.29, 0.717) is 0 Å². The number of piperazine rings is 1. The molecule has 14 heteroatoms. The number of nitrogens with one attached hydrogen (secondary N) is 2. The average Bonchev–Trinajstić information content (AvgIpc) is 3.46. The third-order valence-electron chi connectivity index (χ3n) is 5.29. The number of anilines is 1. The molecule has 4 rings (SSSR count). The van der Waals surface area contributed by atoms with E-state index < -0.39 is 20.0 Å². The number of rotatable bonds is 10. The quantitative estimate of drug-likeness (QED) is 0.376.